The van der Waals surface area contributed by atoms with Gasteiger partial charge < -0.3 is 10.2 Å². The first-order chi connectivity index (χ1) is 14.0. The van der Waals surface area contributed by atoms with Crippen LogP contribution in [0.15, 0.2) is 18.2 Å². The summed E-state index contributed by atoms with van der Waals surface area (Å²) in [4.78, 5) is 41.2. The first-order valence-corrected chi connectivity index (χ1v) is 10.7. The van der Waals surface area contributed by atoms with Crippen LogP contribution < -0.4 is 10.6 Å². The Labute approximate surface area is 171 Å². The second kappa shape index (κ2) is 8.24. The van der Waals surface area contributed by atoms with Crippen LogP contribution in [-0.2, 0) is 22.7 Å². The molecule has 1 aromatic rings. The maximum absolute atomic E-state index is 13.3. The molecule has 2 N–H and O–H groups in total. The van der Waals surface area contributed by atoms with Gasteiger partial charge in [-0.05, 0) is 57.3 Å². The van der Waals surface area contributed by atoms with E-state index in [1.165, 1.54) is 0 Å². The summed E-state index contributed by atoms with van der Waals surface area (Å²) in [6.45, 7) is 7.65. The average Bonchev–Trinajstić information content (AvgIpc) is 3.04. The summed E-state index contributed by atoms with van der Waals surface area (Å²) in [6.07, 6.45) is 2.90. The van der Waals surface area contributed by atoms with Gasteiger partial charge in [0, 0.05) is 37.2 Å². The lowest BCUT2D eigenvalue weighted by molar-refractivity contribution is -0.136. The summed E-state index contributed by atoms with van der Waals surface area (Å²) in [6, 6.07) is 6.36. The zero-order chi connectivity index (χ0) is 20.5. The minimum Gasteiger partial charge on any atom is -0.322 e. The highest BCUT2D eigenvalue weighted by Gasteiger charge is 2.40. The Bertz CT molecular complexity index is 816. The van der Waals surface area contributed by atoms with Crippen LogP contribution in [0.1, 0.15) is 61.0 Å². The summed E-state index contributed by atoms with van der Waals surface area (Å²) >= 11 is 0. The molecule has 3 aliphatic rings. The summed E-state index contributed by atoms with van der Waals surface area (Å²) in [5, 5.41) is 5.79. The van der Waals surface area contributed by atoms with E-state index in [9.17, 15) is 14.4 Å². The number of piperidine rings is 2. The molecule has 1 unspecified atom stereocenters. The SMILES string of the molecule is CC(C)N(Cc1cccc2c1C(=O)N(C1CCC(=O)NC1=O)C2)C1CCNCC1. The van der Waals surface area contributed by atoms with Gasteiger partial charge >= 0.3 is 0 Å². The van der Waals surface area contributed by atoms with Crippen molar-refractivity contribution in [3.8, 4) is 0 Å². The standard InChI is InChI=1S/C22H30N4O3/c1-14(2)25(17-8-10-23-11-9-17)12-15-4-3-5-16-13-26(22(29)20(15)16)18-6-7-19(27)24-21(18)28/h3-5,14,17-18,23H,6-13H2,1-2H3,(H,24,27,28). The van der Waals surface area contributed by atoms with Crippen molar-refractivity contribution in [2.45, 2.75) is 70.7 Å². The molecule has 2 saturated heterocycles. The molecule has 4 rings (SSSR count). The number of nitrogens with one attached hydrogen (secondary N) is 2. The first-order valence-electron chi connectivity index (χ1n) is 10.7. The Morgan fingerprint density at radius 3 is 2.59 bits per heavy atom. The van der Waals surface area contributed by atoms with E-state index < -0.39 is 6.04 Å². The fraction of sp³-hybridized carbons (Fsp3) is 0.591. The van der Waals surface area contributed by atoms with Crippen molar-refractivity contribution in [3.63, 3.8) is 0 Å². The Morgan fingerprint density at radius 2 is 1.90 bits per heavy atom. The third-order valence-electron chi connectivity index (χ3n) is 6.43. The second-order valence-corrected chi connectivity index (χ2v) is 8.60. The van der Waals surface area contributed by atoms with E-state index in [0.717, 1.165) is 49.2 Å². The van der Waals surface area contributed by atoms with Gasteiger partial charge in [0.25, 0.3) is 5.91 Å². The molecule has 0 spiro atoms. The molecule has 0 aromatic heterocycles. The lowest BCUT2D eigenvalue weighted by atomic mass is 9.98. The molecule has 0 radical (unpaired) electrons. The highest BCUT2D eigenvalue weighted by Crippen LogP contribution is 2.31. The van der Waals surface area contributed by atoms with Gasteiger partial charge in [-0.15, -0.1) is 0 Å². The fourth-order valence-electron chi connectivity index (χ4n) is 4.89. The van der Waals surface area contributed by atoms with E-state index in [4.69, 9.17) is 0 Å². The Kier molecular flexibility index (Phi) is 5.69. The monoisotopic (exact) mass is 398 g/mol. The van der Waals surface area contributed by atoms with E-state index in [0.29, 0.717) is 25.0 Å². The van der Waals surface area contributed by atoms with Crippen molar-refractivity contribution in [2.24, 2.45) is 0 Å². The minimum absolute atomic E-state index is 0.0842. The Morgan fingerprint density at radius 1 is 1.14 bits per heavy atom. The van der Waals surface area contributed by atoms with Gasteiger partial charge in [-0.25, -0.2) is 0 Å². The molecule has 0 saturated carbocycles. The first kappa shape index (κ1) is 20.0. The van der Waals surface area contributed by atoms with Crippen LogP contribution in [0.25, 0.3) is 0 Å². The lowest BCUT2D eigenvalue weighted by Crippen LogP contribution is -2.52. The summed E-state index contributed by atoms with van der Waals surface area (Å²) in [5.74, 6) is -0.702. The van der Waals surface area contributed by atoms with Crippen molar-refractivity contribution in [3.05, 3.63) is 34.9 Å². The molecular formula is C22H30N4O3. The van der Waals surface area contributed by atoms with Crippen LogP contribution in [-0.4, -0.2) is 58.7 Å². The zero-order valence-electron chi connectivity index (χ0n) is 17.2. The van der Waals surface area contributed by atoms with Gasteiger partial charge in [-0.3, -0.25) is 24.6 Å². The molecule has 156 valence electrons. The zero-order valence-corrected chi connectivity index (χ0v) is 17.2. The van der Waals surface area contributed by atoms with E-state index in [1.807, 2.05) is 18.2 Å². The predicted molar refractivity (Wildman–Crippen MR) is 109 cm³/mol. The van der Waals surface area contributed by atoms with Crippen LogP contribution in [0.2, 0.25) is 0 Å². The van der Waals surface area contributed by atoms with Crippen molar-refractivity contribution in [1.82, 2.24) is 20.4 Å². The van der Waals surface area contributed by atoms with Crippen LogP contribution in [0, 0.1) is 0 Å². The number of rotatable bonds is 5. The number of carbonyl (C=O) groups is 3. The maximum atomic E-state index is 13.3. The number of nitrogens with zero attached hydrogens (tertiary/aromatic N) is 2. The maximum Gasteiger partial charge on any atom is 0.255 e. The van der Waals surface area contributed by atoms with Gasteiger partial charge in [-0.1, -0.05) is 18.2 Å². The number of imide groups is 1. The predicted octanol–water partition coefficient (Wildman–Crippen LogP) is 1.41. The van der Waals surface area contributed by atoms with Gasteiger partial charge in [0.1, 0.15) is 6.04 Å². The topological polar surface area (TPSA) is 81.8 Å². The number of fused-ring (bicyclic) bond motifs is 1. The van der Waals surface area contributed by atoms with E-state index >= 15 is 0 Å². The van der Waals surface area contributed by atoms with Gasteiger partial charge in [-0.2, -0.15) is 0 Å². The van der Waals surface area contributed by atoms with Crippen molar-refractivity contribution < 1.29 is 14.4 Å². The van der Waals surface area contributed by atoms with Crippen molar-refractivity contribution >= 4 is 17.7 Å². The Balaban J connectivity index is 1.57. The molecule has 0 bridgehead atoms. The normalized spacial score (nSPS) is 23.1. The van der Waals surface area contributed by atoms with Crippen molar-refractivity contribution in [2.75, 3.05) is 13.1 Å². The van der Waals surface area contributed by atoms with Crippen LogP contribution in [0.3, 0.4) is 0 Å². The summed E-state index contributed by atoms with van der Waals surface area (Å²) in [7, 11) is 0. The summed E-state index contributed by atoms with van der Waals surface area (Å²) < 4.78 is 0. The molecule has 29 heavy (non-hydrogen) atoms. The number of hydrogen-bond donors (Lipinski definition) is 2. The van der Waals surface area contributed by atoms with Crippen LogP contribution >= 0.6 is 0 Å². The fourth-order valence-corrected chi connectivity index (χ4v) is 4.89. The third-order valence-corrected chi connectivity index (χ3v) is 6.43. The van der Waals surface area contributed by atoms with Crippen LogP contribution in [0.5, 0.6) is 0 Å². The lowest BCUT2D eigenvalue weighted by Gasteiger charge is -2.38. The van der Waals surface area contributed by atoms with E-state index in [1.54, 1.807) is 4.90 Å². The molecule has 2 fully saturated rings. The molecule has 0 aliphatic carbocycles. The van der Waals surface area contributed by atoms with E-state index in [-0.39, 0.29) is 24.1 Å². The molecule has 3 heterocycles. The second-order valence-electron chi connectivity index (χ2n) is 8.60. The number of amides is 3. The largest absolute Gasteiger partial charge is 0.322 e. The Hall–Kier alpha value is -2.25. The van der Waals surface area contributed by atoms with Crippen molar-refractivity contribution in [1.29, 1.82) is 0 Å². The summed E-state index contributed by atoms with van der Waals surface area (Å²) in [5.41, 5.74) is 2.76. The number of hydrogen-bond acceptors (Lipinski definition) is 5. The molecule has 7 heteroatoms. The molecule has 3 aliphatic heterocycles. The molecule has 1 aromatic carbocycles. The highest BCUT2D eigenvalue weighted by molar-refractivity contribution is 6.05. The molecular weight excluding hydrogens is 368 g/mol. The van der Waals surface area contributed by atoms with Crippen LogP contribution in [0.4, 0.5) is 0 Å². The van der Waals surface area contributed by atoms with Gasteiger partial charge in [0.2, 0.25) is 11.8 Å². The number of benzene rings is 1. The van der Waals surface area contributed by atoms with E-state index in [2.05, 4.69) is 29.4 Å². The van der Waals surface area contributed by atoms with Gasteiger partial charge in [0.15, 0.2) is 0 Å². The highest BCUT2D eigenvalue weighted by atomic mass is 16.2. The smallest absolute Gasteiger partial charge is 0.255 e. The third kappa shape index (κ3) is 3.94. The molecule has 7 nitrogen and oxygen atoms in total. The quantitative estimate of drug-likeness (QED) is 0.733. The molecule has 3 amide bonds. The average molecular weight is 399 g/mol. The van der Waals surface area contributed by atoms with Gasteiger partial charge in [0.05, 0.1) is 0 Å². The minimum atomic E-state index is -0.564. The molecule has 1 atom stereocenters. The number of carbonyl (C=O) groups excluding carboxylic acids is 3.